The molecule has 0 bridgehead atoms. The summed E-state index contributed by atoms with van der Waals surface area (Å²) in [7, 11) is 3.27. The van der Waals surface area contributed by atoms with Crippen molar-refractivity contribution in [1.82, 2.24) is 10.2 Å². The van der Waals surface area contributed by atoms with Crippen molar-refractivity contribution < 1.29 is 14.3 Å². The van der Waals surface area contributed by atoms with Crippen molar-refractivity contribution in [2.45, 2.75) is 37.9 Å². The van der Waals surface area contributed by atoms with Crippen molar-refractivity contribution >= 4 is 5.91 Å². The van der Waals surface area contributed by atoms with Crippen LogP contribution in [0, 0.1) is 5.92 Å². The van der Waals surface area contributed by atoms with Crippen molar-refractivity contribution in [2.75, 3.05) is 20.8 Å². The van der Waals surface area contributed by atoms with Crippen molar-refractivity contribution in [1.29, 1.82) is 0 Å². The second-order valence-electron chi connectivity index (χ2n) is 7.57. The van der Waals surface area contributed by atoms with Crippen molar-refractivity contribution in [3.05, 3.63) is 59.7 Å². The second kappa shape index (κ2) is 8.23. The van der Waals surface area contributed by atoms with Crippen LogP contribution in [0.1, 0.15) is 36.4 Å². The molecule has 0 radical (unpaired) electrons. The lowest BCUT2D eigenvalue weighted by molar-refractivity contribution is -0.125. The Labute approximate surface area is 166 Å². The van der Waals surface area contributed by atoms with Crippen molar-refractivity contribution in [3.8, 4) is 11.5 Å². The molecule has 0 saturated carbocycles. The van der Waals surface area contributed by atoms with Gasteiger partial charge in [0.05, 0.1) is 32.2 Å². The molecule has 4 rings (SSSR count). The molecule has 3 atom stereocenters. The highest BCUT2D eigenvalue weighted by molar-refractivity contribution is 5.80. The van der Waals surface area contributed by atoms with E-state index in [1.54, 1.807) is 14.2 Å². The number of nitrogens with zero attached hydrogens (tertiary/aromatic N) is 1. The molecule has 2 aromatic carbocycles. The summed E-state index contributed by atoms with van der Waals surface area (Å²) in [5.74, 6) is 1.61. The van der Waals surface area contributed by atoms with Crippen LogP contribution in [0.25, 0.3) is 0 Å². The normalized spacial score (nSPS) is 24.0. The first-order valence-electron chi connectivity index (χ1n) is 10.0. The molecule has 2 aromatic rings. The van der Waals surface area contributed by atoms with E-state index >= 15 is 0 Å². The number of rotatable bonds is 6. The number of benzene rings is 2. The number of fused-ring (bicyclic) bond motifs is 1. The Morgan fingerprint density at radius 3 is 2.46 bits per heavy atom. The number of amides is 1. The average Bonchev–Trinajstić information content (AvgIpc) is 3.35. The van der Waals surface area contributed by atoms with E-state index in [4.69, 9.17) is 9.47 Å². The van der Waals surface area contributed by atoms with Gasteiger partial charge in [-0.05, 0) is 43.5 Å². The lowest BCUT2D eigenvalue weighted by Crippen LogP contribution is -2.37. The molecule has 28 heavy (non-hydrogen) atoms. The summed E-state index contributed by atoms with van der Waals surface area (Å²) in [6.07, 6.45) is 3.14. The maximum absolute atomic E-state index is 13.1. The van der Waals surface area contributed by atoms with E-state index in [1.807, 2.05) is 24.3 Å². The van der Waals surface area contributed by atoms with E-state index in [-0.39, 0.29) is 11.8 Å². The largest absolute Gasteiger partial charge is 0.496 e. The minimum atomic E-state index is 0.0217. The first-order valence-corrected chi connectivity index (χ1v) is 10.0. The molecule has 2 fully saturated rings. The molecule has 1 amide bonds. The van der Waals surface area contributed by atoms with Gasteiger partial charge >= 0.3 is 0 Å². The van der Waals surface area contributed by atoms with Gasteiger partial charge in [-0.15, -0.1) is 0 Å². The zero-order valence-corrected chi connectivity index (χ0v) is 16.6. The molecule has 2 heterocycles. The molecule has 5 nitrogen and oxygen atoms in total. The van der Waals surface area contributed by atoms with Gasteiger partial charge in [-0.3, -0.25) is 9.69 Å². The highest BCUT2D eigenvalue weighted by atomic mass is 16.5. The molecule has 2 aliphatic heterocycles. The molecule has 5 heteroatoms. The fourth-order valence-corrected chi connectivity index (χ4v) is 4.86. The van der Waals surface area contributed by atoms with Gasteiger partial charge in [-0.2, -0.15) is 0 Å². The van der Waals surface area contributed by atoms with Crippen LogP contribution in [-0.4, -0.2) is 37.6 Å². The lowest BCUT2D eigenvalue weighted by Gasteiger charge is -2.24. The standard InChI is InChI=1S/C23H28N2O3/c1-27-21-11-6-12-22(28-2)18(21)15-24-23(26)17-14-20(16-8-4-3-5-9-16)25-13-7-10-19(17)25/h3-6,8-9,11-12,17,19-20H,7,10,13-15H2,1-2H3,(H,24,26)/t17-,19+,20-/m1/s1. The van der Waals surface area contributed by atoms with E-state index in [2.05, 4.69) is 34.5 Å². The predicted molar refractivity (Wildman–Crippen MR) is 108 cm³/mol. The number of ether oxygens (including phenoxy) is 2. The van der Waals surface area contributed by atoms with E-state index in [1.165, 1.54) is 5.56 Å². The smallest absolute Gasteiger partial charge is 0.225 e. The summed E-state index contributed by atoms with van der Waals surface area (Å²) in [5, 5.41) is 3.15. The van der Waals surface area contributed by atoms with Gasteiger partial charge in [-0.25, -0.2) is 0 Å². The molecule has 2 saturated heterocycles. The van der Waals surface area contributed by atoms with Crippen LogP contribution in [0.5, 0.6) is 11.5 Å². The van der Waals surface area contributed by atoms with Gasteiger partial charge in [0, 0.05) is 12.1 Å². The Bertz CT molecular complexity index is 802. The Hall–Kier alpha value is -2.53. The molecule has 0 aliphatic carbocycles. The summed E-state index contributed by atoms with van der Waals surface area (Å²) in [5.41, 5.74) is 2.19. The van der Waals surface area contributed by atoms with E-state index in [0.29, 0.717) is 18.6 Å². The zero-order chi connectivity index (χ0) is 19.5. The number of nitrogens with one attached hydrogen (secondary N) is 1. The van der Waals surface area contributed by atoms with E-state index in [9.17, 15) is 4.79 Å². The van der Waals surface area contributed by atoms with Gasteiger partial charge in [0.25, 0.3) is 0 Å². The van der Waals surface area contributed by atoms with Crippen molar-refractivity contribution in [3.63, 3.8) is 0 Å². The van der Waals surface area contributed by atoms with Crippen LogP contribution < -0.4 is 14.8 Å². The molecule has 0 unspecified atom stereocenters. The van der Waals surface area contributed by atoms with Gasteiger partial charge in [0.1, 0.15) is 11.5 Å². The molecule has 0 aromatic heterocycles. The average molecular weight is 380 g/mol. The molecular formula is C23H28N2O3. The highest BCUT2D eigenvalue weighted by Gasteiger charge is 2.46. The Balaban J connectivity index is 1.48. The summed E-state index contributed by atoms with van der Waals surface area (Å²) >= 11 is 0. The van der Waals surface area contributed by atoms with Gasteiger partial charge in [-0.1, -0.05) is 36.4 Å². The highest BCUT2D eigenvalue weighted by Crippen LogP contribution is 2.45. The molecule has 2 aliphatic rings. The summed E-state index contributed by atoms with van der Waals surface area (Å²) in [4.78, 5) is 15.6. The van der Waals surface area contributed by atoms with E-state index < -0.39 is 0 Å². The SMILES string of the molecule is COc1cccc(OC)c1CNC(=O)[C@@H]1C[C@H](c2ccccc2)N2CCC[C@@H]12. The zero-order valence-electron chi connectivity index (χ0n) is 16.6. The molecule has 148 valence electrons. The Morgan fingerprint density at radius 1 is 1.07 bits per heavy atom. The van der Waals surface area contributed by atoms with Crippen molar-refractivity contribution in [2.24, 2.45) is 5.92 Å². The van der Waals surface area contributed by atoms with Gasteiger partial charge in [0.2, 0.25) is 5.91 Å². The topological polar surface area (TPSA) is 50.8 Å². The van der Waals surface area contributed by atoms with Crippen LogP contribution in [0.4, 0.5) is 0 Å². The van der Waals surface area contributed by atoms with Gasteiger partial charge < -0.3 is 14.8 Å². The predicted octanol–water partition coefficient (Wildman–Crippen LogP) is 3.55. The maximum Gasteiger partial charge on any atom is 0.225 e. The third kappa shape index (κ3) is 3.47. The number of hydrogen-bond acceptors (Lipinski definition) is 4. The lowest BCUT2D eigenvalue weighted by atomic mass is 9.93. The fourth-order valence-electron chi connectivity index (χ4n) is 4.86. The minimum Gasteiger partial charge on any atom is -0.496 e. The molecule has 0 spiro atoms. The van der Waals surface area contributed by atoms with Gasteiger partial charge in [0.15, 0.2) is 0 Å². The Kier molecular flexibility index (Phi) is 5.53. The fraction of sp³-hybridized carbons (Fsp3) is 0.435. The van der Waals surface area contributed by atoms with Crippen LogP contribution in [0.3, 0.4) is 0 Å². The first kappa shape index (κ1) is 18.8. The van der Waals surface area contributed by atoms with Crippen LogP contribution in [0.2, 0.25) is 0 Å². The number of methoxy groups -OCH3 is 2. The third-order valence-electron chi connectivity index (χ3n) is 6.17. The summed E-state index contributed by atoms with van der Waals surface area (Å²) < 4.78 is 10.9. The third-order valence-corrected chi connectivity index (χ3v) is 6.17. The van der Waals surface area contributed by atoms with Crippen LogP contribution >= 0.6 is 0 Å². The quantitative estimate of drug-likeness (QED) is 0.833. The van der Waals surface area contributed by atoms with E-state index in [0.717, 1.165) is 42.9 Å². The monoisotopic (exact) mass is 380 g/mol. The van der Waals surface area contributed by atoms with Crippen LogP contribution in [-0.2, 0) is 11.3 Å². The minimum absolute atomic E-state index is 0.0217. The Morgan fingerprint density at radius 2 is 1.79 bits per heavy atom. The number of hydrogen-bond donors (Lipinski definition) is 1. The summed E-state index contributed by atoms with van der Waals surface area (Å²) in [6, 6.07) is 16.9. The summed E-state index contributed by atoms with van der Waals surface area (Å²) in [6.45, 7) is 1.49. The maximum atomic E-state index is 13.1. The number of carbonyl (C=O) groups excluding carboxylic acids is 1. The molecule has 1 N–H and O–H groups in total. The number of carbonyl (C=O) groups is 1. The first-order chi connectivity index (χ1) is 13.7. The van der Waals surface area contributed by atoms with Crippen LogP contribution in [0.15, 0.2) is 48.5 Å². The second-order valence-corrected chi connectivity index (χ2v) is 7.57. The molecular weight excluding hydrogens is 352 g/mol.